The number of hydrogen-bond donors (Lipinski definition) is 0. The summed E-state index contributed by atoms with van der Waals surface area (Å²) < 4.78 is 11.3. The fourth-order valence-corrected chi connectivity index (χ4v) is 3.06. The van der Waals surface area contributed by atoms with Crippen molar-refractivity contribution in [3.05, 3.63) is 35.2 Å². The van der Waals surface area contributed by atoms with Crippen LogP contribution in [0.3, 0.4) is 0 Å². The van der Waals surface area contributed by atoms with Gasteiger partial charge in [0.15, 0.2) is 11.5 Å². The SMILES string of the molecule is Cc1cc(Sc2ccc3c(c2)OCCCO3)nc(Cl)n1. The monoisotopic (exact) mass is 308 g/mol. The van der Waals surface area contributed by atoms with E-state index in [0.717, 1.165) is 33.5 Å². The number of aromatic nitrogens is 2. The number of rotatable bonds is 2. The first kappa shape index (κ1) is 13.5. The minimum absolute atomic E-state index is 0.266. The molecule has 0 saturated carbocycles. The molecule has 0 N–H and O–H groups in total. The van der Waals surface area contributed by atoms with Crippen molar-refractivity contribution in [1.29, 1.82) is 0 Å². The average Bonchev–Trinajstić information content (AvgIpc) is 2.62. The van der Waals surface area contributed by atoms with Gasteiger partial charge in [0.1, 0.15) is 5.03 Å². The molecule has 2 heterocycles. The molecule has 1 aliphatic rings. The van der Waals surface area contributed by atoms with Crippen LogP contribution in [0.5, 0.6) is 11.5 Å². The highest BCUT2D eigenvalue weighted by Crippen LogP contribution is 2.36. The summed E-state index contributed by atoms with van der Waals surface area (Å²) >= 11 is 7.40. The lowest BCUT2D eigenvalue weighted by molar-refractivity contribution is 0.297. The van der Waals surface area contributed by atoms with Crippen LogP contribution in [0.4, 0.5) is 0 Å². The number of aryl methyl sites for hydroxylation is 1. The van der Waals surface area contributed by atoms with Gasteiger partial charge in [-0.3, -0.25) is 0 Å². The summed E-state index contributed by atoms with van der Waals surface area (Å²) in [5, 5.41) is 1.08. The molecular formula is C14H13ClN2O2S. The van der Waals surface area contributed by atoms with Gasteiger partial charge in [-0.05, 0) is 42.8 Å². The predicted molar refractivity (Wildman–Crippen MR) is 78.0 cm³/mol. The van der Waals surface area contributed by atoms with Crippen LogP contribution in [0.25, 0.3) is 0 Å². The van der Waals surface area contributed by atoms with E-state index < -0.39 is 0 Å². The quantitative estimate of drug-likeness (QED) is 0.624. The summed E-state index contributed by atoms with van der Waals surface area (Å²) in [5.74, 6) is 1.58. The van der Waals surface area contributed by atoms with Gasteiger partial charge in [-0.25, -0.2) is 9.97 Å². The van der Waals surface area contributed by atoms with Crippen molar-refractivity contribution in [3.8, 4) is 11.5 Å². The number of fused-ring (bicyclic) bond motifs is 1. The molecule has 0 amide bonds. The van der Waals surface area contributed by atoms with Crippen molar-refractivity contribution >= 4 is 23.4 Å². The van der Waals surface area contributed by atoms with E-state index in [1.54, 1.807) is 0 Å². The summed E-state index contributed by atoms with van der Waals surface area (Å²) in [6.45, 7) is 3.27. The Morgan fingerprint density at radius 2 is 1.90 bits per heavy atom. The largest absolute Gasteiger partial charge is 0.490 e. The Bertz CT molecular complexity index is 616. The Balaban J connectivity index is 1.85. The van der Waals surface area contributed by atoms with Gasteiger partial charge in [-0.15, -0.1) is 0 Å². The zero-order valence-electron chi connectivity index (χ0n) is 10.9. The fourth-order valence-electron chi connectivity index (χ4n) is 1.88. The topological polar surface area (TPSA) is 44.2 Å². The van der Waals surface area contributed by atoms with Crippen LogP contribution in [0, 0.1) is 6.92 Å². The van der Waals surface area contributed by atoms with Crippen molar-refractivity contribution in [2.75, 3.05) is 13.2 Å². The van der Waals surface area contributed by atoms with Crippen LogP contribution >= 0.6 is 23.4 Å². The second-order valence-electron chi connectivity index (χ2n) is 4.38. The number of ether oxygens (including phenoxy) is 2. The predicted octanol–water partition coefficient (Wildman–Crippen LogP) is 3.75. The standard InChI is InChI=1S/C14H13ClN2O2S/c1-9-7-13(17-14(15)16-9)20-10-3-4-11-12(8-10)19-6-2-5-18-11/h3-4,7-8H,2,5-6H2,1H3. The normalized spacial score (nSPS) is 13.9. The summed E-state index contributed by atoms with van der Waals surface area (Å²) in [5.41, 5.74) is 0.849. The summed E-state index contributed by atoms with van der Waals surface area (Å²) in [4.78, 5) is 9.29. The van der Waals surface area contributed by atoms with Crippen molar-refractivity contribution < 1.29 is 9.47 Å². The zero-order valence-corrected chi connectivity index (χ0v) is 12.5. The number of nitrogens with zero attached hydrogens (tertiary/aromatic N) is 2. The molecule has 6 heteroatoms. The van der Waals surface area contributed by atoms with Crippen molar-refractivity contribution in [1.82, 2.24) is 9.97 Å². The minimum atomic E-state index is 0.266. The Hall–Kier alpha value is -1.46. The molecule has 0 saturated heterocycles. The summed E-state index contributed by atoms with van der Waals surface area (Å²) in [6.07, 6.45) is 0.901. The molecule has 0 bridgehead atoms. The maximum absolute atomic E-state index is 5.87. The molecule has 0 spiro atoms. The van der Waals surface area contributed by atoms with E-state index >= 15 is 0 Å². The maximum atomic E-state index is 5.87. The third-order valence-electron chi connectivity index (χ3n) is 2.74. The molecule has 4 nitrogen and oxygen atoms in total. The van der Waals surface area contributed by atoms with Gasteiger partial charge in [0.05, 0.1) is 13.2 Å². The highest BCUT2D eigenvalue weighted by atomic mass is 35.5. The van der Waals surface area contributed by atoms with Crippen LogP contribution < -0.4 is 9.47 Å². The first-order valence-electron chi connectivity index (χ1n) is 6.29. The molecule has 0 unspecified atom stereocenters. The third kappa shape index (κ3) is 3.16. The average molecular weight is 309 g/mol. The number of halogens is 1. The highest BCUT2D eigenvalue weighted by molar-refractivity contribution is 7.99. The zero-order chi connectivity index (χ0) is 13.9. The molecule has 1 aromatic carbocycles. The molecule has 1 aromatic heterocycles. The summed E-state index contributed by atoms with van der Waals surface area (Å²) in [7, 11) is 0. The van der Waals surface area contributed by atoms with Gasteiger partial charge in [0.25, 0.3) is 0 Å². The van der Waals surface area contributed by atoms with Crippen LogP contribution in [0.1, 0.15) is 12.1 Å². The number of hydrogen-bond acceptors (Lipinski definition) is 5. The van der Waals surface area contributed by atoms with Crippen molar-refractivity contribution in [2.24, 2.45) is 0 Å². The lowest BCUT2D eigenvalue weighted by atomic mass is 10.3. The smallest absolute Gasteiger partial charge is 0.223 e. The number of benzene rings is 1. The van der Waals surface area contributed by atoms with E-state index in [4.69, 9.17) is 21.1 Å². The van der Waals surface area contributed by atoms with E-state index in [9.17, 15) is 0 Å². The van der Waals surface area contributed by atoms with Gasteiger partial charge >= 0.3 is 0 Å². The Labute approximate surface area is 126 Å². The second-order valence-corrected chi connectivity index (χ2v) is 5.81. The lowest BCUT2D eigenvalue weighted by Crippen LogP contribution is -1.97. The molecule has 2 aromatic rings. The molecule has 0 radical (unpaired) electrons. The van der Waals surface area contributed by atoms with Crippen molar-refractivity contribution in [2.45, 2.75) is 23.3 Å². The molecule has 20 heavy (non-hydrogen) atoms. The Morgan fingerprint density at radius 1 is 1.10 bits per heavy atom. The molecular weight excluding hydrogens is 296 g/mol. The van der Waals surface area contributed by atoms with E-state index in [2.05, 4.69) is 9.97 Å². The van der Waals surface area contributed by atoms with Gasteiger partial charge < -0.3 is 9.47 Å². The molecule has 0 aliphatic carbocycles. The van der Waals surface area contributed by atoms with Crippen LogP contribution in [0.15, 0.2) is 34.2 Å². The lowest BCUT2D eigenvalue weighted by Gasteiger charge is -2.09. The Kier molecular flexibility index (Phi) is 3.98. The second kappa shape index (κ2) is 5.89. The minimum Gasteiger partial charge on any atom is -0.490 e. The van der Waals surface area contributed by atoms with E-state index in [1.165, 1.54) is 11.8 Å². The van der Waals surface area contributed by atoms with Gasteiger partial charge in [-0.2, -0.15) is 0 Å². The molecule has 1 aliphatic heterocycles. The third-order valence-corrected chi connectivity index (χ3v) is 3.82. The molecule has 104 valence electrons. The van der Waals surface area contributed by atoms with Crippen LogP contribution in [0.2, 0.25) is 5.28 Å². The maximum Gasteiger partial charge on any atom is 0.223 e. The summed E-state index contributed by atoms with van der Waals surface area (Å²) in [6, 6.07) is 7.79. The van der Waals surface area contributed by atoms with Gasteiger partial charge in [-0.1, -0.05) is 11.8 Å². The van der Waals surface area contributed by atoms with Crippen LogP contribution in [-0.2, 0) is 0 Å². The van der Waals surface area contributed by atoms with Crippen molar-refractivity contribution in [3.63, 3.8) is 0 Å². The molecule has 3 rings (SSSR count). The van der Waals surface area contributed by atoms with E-state index in [-0.39, 0.29) is 5.28 Å². The fraction of sp³-hybridized carbons (Fsp3) is 0.286. The molecule has 0 fully saturated rings. The molecule has 0 atom stereocenters. The van der Waals surface area contributed by atoms with E-state index in [0.29, 0.717) is 13.2 Å². The Morgan fingerprint density at radius 3 is 2.70 bits per heavy atom. The van der Waals surface area contributed by atoms with Crippen LogP contribution in [-0.4, -0.2) is 23.2 Å². The first-order chi connectivity index (χ1) is 9.70. The van der Waals surface area contributed by atoms with E-state index in [1.807, 2.05) is 31.2 Å². The van der Waals surface area contributed by atoms with Gasteiger partial charge in [0, 0.05) is 17.0 Å². The first-order valence-corrected chi connectivity index (χ1v) is 7.49. The highest BCUT2D eigenvalue weighted by Gasteiger charge is 2.12. The van der Waals surface area contributed by atoms with Gasteiger partial charge in [0.2, 0.25) is 5.28 Å².